The fourth-order valence-electron chi connectivity index (χ4n) is 3.74. The fraction of sp³-hybridized carbons (Fsp3) is 0.524. The van der Waals surface area contributed by atoms with Gasteiger partial charge in [-0.25, -0.2) is 0 Å². The lowest BCUT2D eigenvalue weighted by atomic mass is 10.0. The molecule has 0 aliphatic carbocycles. The van der Waals surface area contributed by atoms with Crippen LogP contribution in [0.25, 0.3) is 0 Å². The molecule has 1 aromatic carbocycles. The molecule has 3 rings (SSSR count). The highest BCUT2D eigenvalue weighted by atomic mass is 16.5. The molecular weight excluding hydrogens is 342 g/mol. The largest absolute Gasteiger partial charge is 0.494 e. The molecule has 1 aromatic heterocycles. The molecule has 1 aliphatic heterocycles. The Morgan fingerprint density at radius 2 is 2.07 bits per heavy atom. The topological polar surface area (TPSA) is 58.8 Å². The Balaban J connectivity index is 1.63. The zero-order chi connectivity index (χ0) is 19.4. The average Bonchev–Trinajstić information content (AvgIpc) is 3.25. The second-order valence-electron chi connectivity index (χ2n) is 7.22. The van der Waals surface area contributed by atoms with E-state index in [1.807, 2.05) is 49.8 Å². The van der Waals surface area contributed by atoms with Crippen LogP contribution in [0.5, 0.6) is 5.75 Å². The molecule has 146 valence electrons. The lowest BCUT2D eigenvalue weighted by Crippen LogP contribution is -2.38. The monoisotopic (exact) mass is 371 g/mol. The zero-order valence-corrected chi connectivity index (χ0v) is 16.7. The van der Waals surface area contributed by atoms with Crippen LogP contribution in [0.1, 0.15) is 48.4 Å². The van der Waals surface area contributed by atoms with Gasteiger partial charge in [-0.1, -0.05) is 17.3 Å². The van der Waals surface area contributed by atoms with Gasteiger partial charge in [0.05, 0.1) is 24.9 Å². The summed E-state index contributed by atoms with van der Waals surface area (Å²) in [7, 11) is 1.96. The van der Waals surface area contributed by atoms with Crippen molar-refractivity contribution in [1.29, 1.82) is 0 Å². The predicted molar refractivity (Wildman–Crippen MR) is 104 cm³/mol. The van der Waals surface area contributed by atoms with E-state index in [-0.39, 0.29) is 11.9 Å². The van der Waals surface area contributed by atoms with Crippen molar-refractivity contribution in [2.24, 2.45) is 0 Å². The van der Waals surface area contributed by atoms with Crippen molar-refractivity contribution in [3.05, 3.63) is 46.8 Å². The summed E-state index contributed by atoms with van der Waals surface area (Å²) < 4.78 is 10.7. The van der Waals surface area contributed by atoms with Gasteiger partial charge < -0.3 is 14.2 Å². The van der Waals surface area contributed by atoms with Crippen molar-refractivity contribution >= 4 is 5.91 Å². The van der Waals surface area contributed by atoms with Gasteiger partial charge in [0.1, 0.15) is 11.5 Å². The van der Waals surface area contributed by atoms with Crippen LogP contribution in [0.4, 0.5) is 0 Å². The number of hydrogen-bond acceptors (Lipinski definition) is 5. The number of benzene rings is 1. The summed E-state index contributed by atoms with van der Waals surface area (Å²) in [6.07, 6.45) is 2.05. The maximum atomic E-state index is 12.9. The van der Waals surface area contributed by atoms with Gasteiger partial charge in [-0.2, -0.15) is 0 Å². The summed E-state index contributed by atoms with van der Waals surface area (Å²) in [5, 5.41) is 3.99. The summed E-state index contributed by atoms with van der Waals surface area (Å²) in [5.41, 5.74) is 3.13. The van der Waals surface area contributed by atoms with Gasteiger partial charge in [-0.3, -0.25) is 9.69 Å². The number of rotatable bonds is 7. The van der Waals surface area contributed by atoms with E-state index in [1.54, 1.807) is 0 Å². The van der Waals surface area contributed by atoms with E-state index >= 15 is 0 Å². The van der Waals surface area contributed by atoms with Gasteiger partial charge in [0.15, 0.2) is 0 Å². The molecule has 1 unspecified atom stereocenters. The van der Waals surface area contributed by atoms with Gasteiger partial charge in [-0.05, 0) is 58.4 Å². The van der Waals surface area contributed by atoms with Crippen molar-refractivity contribution in [3.63, 3.8) is 0 Å². The lowest BCUT2D eigenvalue weighted by Gasteiger charge is -2.27. The summed E-state index contributed by atoms with van der Waals surface area (Å²) in [4.78, 5) is 17.0. The molecule has 1 atom stereocenters. The standard InChI is InChI=1S/C21H29N3O3/c1-5-26-18-10-8-17(9-11-18)20-7-6-12-24(20)21(25)14-23(4)13-19-15(2)22-27-16(19)3/h8-11,20H,5-7,12-14H2,1-4H3. The number of amides is 1. The van der Waals surface area contributed by atoms with Crippen LogP contribution < -0.4 is 4.74 Å². The minimum Gasteiger partial charge on any atom is -0.494 e. The number of aromatic nitrogens is 1. The molecule has 0 saturated carbocycles. The molecule has 0 N–H and O–H groups in total. The number of carbonyl (C=O) groups excluding carboxylic acids is 1. The van der Waals surface area contributed by atoms with Gasteiger partial charge in [0.25, 0.3) is 0 Å². The number of hydrogen-bond donors (Lipinski definition) is 0. The molecule has 1 fully saturated rings. The van der Waals surface area contributed by atoms with Crippen LogP contribution in [-0.4, -0.2) is 47.6 Å². The van der Waals surface area contributed by atoms with Crippen LogP contribution in [0, 0.1) is 13.8 Å². The summed E-state index contributed by atoms with van der Waals surface area (Å²) in [6, 6.07) is 8.29. The molecule has 27 heavy (non-hydrogen) atoms. The first-order chi connectivity index (χ1) is 13.0. The van der Waals surface area contributed by atoms with E-state index < -0.39 is 0 Å². The maximum Gasteiger partial charge on any atom is 0.237 e. The third-order valence-corrected chi connectivity index (χ3v) is 5.16. The first-order valence-electron chi connectivity index (χ1n) is 9.62. The van der Waals surface area contributed by atoms with Crippen molar-refractivity contribution < 1.29 is 14.1 Å². The number of nitrogens with zero attached hydrogens (tertiary/aromatic N) is 3. The van der Waals surface area contributed by atoms with E-state index in [1.165, 1.54) is 5.56 Å². The predicted octanol–water partition coefficient (Wildman–Crippen LogP) is 3.49. The van der Waals surface area contributed by atoms with Gasteiger partial charge in [0.2, 0.25) is 5.91 Å². The average molecular weight is 371 g/mol. The quantitative estimate of drug-likeness (QED) is 0.746. The molecule has 0 bridgehead atoms. The van der Waals surface area contributed by atoms with Gasteiger partial charge in [0, 0.05) is 18.7 Å². The molecule has 1 amide bonds. The van der Waals surface area contributed by atoms with Gasteiger partial charge >= 0.3 is 0 Å². The van der Waals surface area contributed by atoms with Crippen molar-refractivity contribution in [3.8, 4) is 5.75 Å². The second kappa shape index (κ2) is 8.57. The minimum atomic E-state index is 0.153. The highest BCUT2D eigenvalue weighted by Gasteiger charge is 2.30. The summed E-state index contributed by atoms with van der Waals surface area (Å²) in [5.74, 6) is 1.86. The zero-order valence-electron chi connectivity index (χ0n) is 16.7. The number of likely N-dealkylation sites (tertiary alicyclic amines) is 1. The highest BCUT2D eigenvalue weighted by Crippen LogP contribution is 2.33. The molecular formula is C21H29N3O3. The molecule has 2 aromatic rings. The van der Waals surface area contributed by atoms with E-state index in [2.05, 4.69) is 17.3 Å². The first-order valence-corrected chi connectivity index (χ1v) is 9.62. The SMILES string of the molecule is CCOc1ccc(C2CCCN2C(=O)CN(C)Cc2c(C)noc2C)cc1. The molecule has 6 heteroatoms. The van der Waals surface area contributed by atoms with E-state index in [0.29, 0.717) is 19.7 Å². The number of likely N-dealkylation sites (N-methyl/N-ethyl adjacent to an activating group) is 1. The Bertz CT molecular complexity index is 750. The van der Waals surface area contributed by atoms with E-state index in [4.69, 9.17) is 9.26 Å². The maximum absolute atomic E-state index is 12.9. The molecule has 2 heterocycles. The van der Waals surface area contributed by atoms with Gasteiger partial charge in [-0.15, -0.1) is 0 Å². The first kappa shape index (κ1) is 19.4. The number of aryl methyl sites for hydroxylation is 2. The number of ether oxygens (including phenoxy) is 1. The van der Waals surface area contributed by atoms with Crippen LogP contribution >= 0.6 is 0 Å². The van der Waals surface area contributed by atoms with Crippen molar-refractivity contribution in [1.82, 2.24) is 15.0 Å². The Morgan fingerprint density at radius 1 is 1.33 bits per heavy atom. The summed E-state index contributed by atoms with van der Waals surface area (Å²) >= 11 is 0. The molecule has 1 aliphatic rings. The molecule has 6 nitrogen and oxygen atoms in total. The van der Waals surface area contributed by atoms with Crippen LogP contribution in [-0.2, 0) is 11.3 Å². The second-order valence-corrected chi connectivity index (χ2v) is 7.22. The Kier molecular flexibility index (Phi) is 6.16. The van der Waals surface area contributed by atoms with Crippen molar-refractivity contribution in [2.75, 3.05) is 26.7 Å². The number of carbonyl (C=O) groups is 1. The van der Waals surface area contributed by atoms with Crippen LogP contribution in [0.15, 0.2) is 28.8 Å². The van der Waals surface area contributed by atoms with Crippen LogP contribution in [0.3, 0.4) is 0 Å². The summed E-state index contributed by atoms with van der Waals surface area (Å²) in [6.45, 7) is 8.34. The molecule has 1 saturated heterocycles. The third kappa shape index (κ3) is 4.50. The smallest absolute Gasteiger partial charge is 0.237 e. The third-order valence-electron chi connectivity index (χ3n) is 5.16. The Labute approximate surface area is 161 Å². The normalized spacial score (nSPS) is 16.9. The van der Waals surface area contributed by atoms with Crippen LogP contribution in [0.2, 0.25) is 0 Å². The Hall–Kier alpha value is -2.34. The van der Waals surface area contributed by atoms with E-state index in [9.17, 15) is 4.79 Å². The molecule has 0 spiro atoms. The molecule has 0 radical (unpaired) electrons. The van der Waals surface area contributed by atoms with E-state index in [0.717, 1.165) is 42.2 Å². The minimum absolute atomic E-state index is 0.153. The highest BCUT2D eigenvalue weighted by molar-refractivity contribution is 5.79. The van der Waals surface area contributed by atoms with Crippen molar-refractivity contribution in [2.45, 2.75) is 46.2 Å². The Morgan fingerprint density at radius 3 is 2.70 bits per heavy atom. The lowest BCUT2D eigenvalue weighted by molar-refractivity contribution is -0.133. The fourth-order valence-corrected chi connectivity index (χ4v) is 3.74.